The molecule has 0 aromatic heterocycles. The molecule has 0 atom stereocenters. The number of carbonyl (C=O) groups excluding carboxylic acids is 2. The van der Waals surface area contributed by atoms with Crippen molar-refractivity contribution in [2.45, 2.75) is 37.6 Å². The summed E-state index contributed by atoms with van der Waals surface area (Å²) in [4.78, 5) is 33.1. The zero-order valence-corrected chi connectivity index (χ0v) is 10.3. The SMILES string of the molecule is COC(=O)CCNC(=O)NC1(CC(=O)O)CCC1. The normalized spacial score (nSPS) is 16.3. The molecular weight excluding hydrogens is 240 g/mol. The van der Waals surface area contributed by atoms with Crippen LogP contribution in [0.1, 0.15) is 32.1 Å². The molecule has 0 radical (unpaired) electrons. The Morgan fingerprint density at radius 2 is 2.00 bits per heavy atom. The van der Waals surface area contributed by atoms with Gasteiger partial charge in [-0.25, -0.2) is 4.79 Å². The number of esters is 1. The van der Waals surface area contributed by atoms with Crippen molar-refractivity contribution in [1.29, 1.82) is 0 Å². The first-order valence-corrected chi connectivity index (χ1v) is 5.82. The van der Waals surface area contributed by atoms with Crippen LogP contribution in [0.15, 0.2) is 0 Å². The van der Waals surface area contributed by atoms with Gasteiger partial charge in [0.05, 0.1) is 25.5 Å². The molecule has 0 aromatic carbocycles. The Balaban J connectivity index is 2.30. The van der Waals surface area contributed by atoms with Crippen molar-refractivity contribution in [3.8, 4) is 0 Å². The molecule has 0 spiro atoms. The van der Waals surface area contributed by atoms with E-state index in [-0.39, 0.29) is 19.4 Å². The fraction of sp³-hybridized carbons (Fsp3) is 0.727. The lowest BCUT2D eigenvalue weighted by Gasteiger charge is -2.41. The van der Waals surface area contributed by atoms with Crippen molar-refractivity contribution in [3.63, 3.8) is 0 Å². The molecule has 102 valence electrons. The molecule has 1 rings (SSSR count). The molecule has 18 heavy (non-hydrogen) atoms. The number of rotatable bonds is 6. The van der Waals surface area contributed by atoms with Crippen LogP contribution in [0.5, 0.6) is 0 Å². The van der Waals surface area contributed by atoms with E-state index in [0.29, 0.717) is 12.8 Å². The van der Waals surface area contributed by atoms with Gasteiger partial charge in [-0.15, -0.1) is 0 Å². The van der Waals surface area contributed by atoms with Gasteiger partial charge in [-0.3, -0.25) is 9.59 Å². The van der Waals surface area contributed by atoms with Crippen LogP contribution in [0.3, 0.4) is 0 Å². The number of carboxylic acid groups (broad SMARTS) is 1. The molecule has 7 nitrogen and oxygen atoms in total. The topological polar surface area (TPSA) is 105 Å². The highest BCUT2D eigenvalue weighted by atomic mass is 16.5. The number of aliphatic carboxylic acids is 1. The summed E-state index contributed by atoms with van der Waals surface area (Å²) in [5.41, 5.74) is -0.624. The fourth-order valence-corrected chi connectivity index (χ4v) is 1.90. The average Bonchev–Trinajstić information content (AvgIpc) is 2.25. The van der Waals surface area contributed by atoms with Crippen molar-refractivity contribution in [1.82, 2.24) is 10.6 Å². The Labute approximate surface area is 105 Å². The highest BCUT2D eigenvalue weighted by Gasteiger charge is 2.40. The number of urea groups is 1. The van der Waals surface area contributed by atoms with E-state index in [1.807, 2.05) is 0 Å². The number of amides is 2. The van der Waals surface area contributed by atoms with Crippen LogP contribution in [-0.4, -0.2) is 42.3 Å². The van der Waals surface area contributed by atoms with Crippen LogP contribution in [0.25, 0.3) is 0 Å². The quantitative estimate of drug-likeness (QED) is 0.592. The average molecular weight is 258 g/mol. The summed E-state index contributed by atoms with van der Waals surface area (Å²) in [6.07, 6.45) is 2.27. The zero-order valence-electron chi connectivity index (χ0n) is 10.3. The summed E-state index contributed by atoms with van der Waals surface area (Å²) in [5.74, 6) is -1.33. The number of hydrogen-bond donors (Lipinski definition) is 3. The fourth-order valence-electron chi connectivity index (χ4n) is 1.90. The number of methoxy groups -OCH3 is 1. The van der Waals surface area contributed by atoms with Crippen LogP contribution < -0.4 is 10.6 Å². The monoisotopic (exact) mass is 258 g/mol. The highest BCUT2D eigenvalue weighted by molar-refractivity contribution is 5.77. The van der Waals surface area contributed by atoms with Crippen LogP contribution in [0, 0.1) is 0 Å². The molecule has 1 saturated carbocycles. The summed E-state index contributed by atoms with van der Waals surface area (Å²) in [5, 5.41) is 13.9. The van der Waals surface area contributed by atoms with Gasteiger partial charge in [-0.1, -0.05) is 0 Å². The maximum atomic E-state index is 11.5. The molecular formula is C11H18N2O5. The maximum Gasteiger partial charge on any atom is 0.315 e. The second-order valence-corrected chi connectivity index (χ2v) is 4.41. The molecule has 0 aromatic rings. The van der Waals surface area contributed by atoms with Gasteiger partial charge in [0.25, 0.3) is 0 Å². The van der Waals surface area contributed by atoms with Crippen molar-refractivity contribution >= 4 is 18.0 Å². The number of carbonyl (C=O) groups is 3. The molecule has 1 aliphatic rings. The molecule has 0 heterocycles. The predicted molar refractivity (Wildman–Crippen MR) is 62.0 cm³/mol. The number of nitrogens with one attached hydrogen (secondary N) is 2. The van der Waals surface area contributed by atoms with E-state index in [1.165, 1.54) is 7.11 Å². The highest BCUT2D eigenvalue weighted by Crippen LogP contribution is 2.34. The van der Waals surface area contributed by atoms with Crippen molar-refractivity contribution in [2.24, 2.45) is 0 Å². The summed E-state index contributed by atoms with van der Waals surface area (Å²) in [7, 11) is 1.28. The molecule has 3 N–H and O–H groups in total. The van der Waals surface area contributed by atoms with Gasteiger partial charge in [0.1, 0.15) is 0 Å². The Kier molecular flexibility index (Phi) is 4.94. The van der Waals surface area contributed by atoms with E-state index in [2.05, 4.69) is 15.4 Å². The van der Waals surface area contributed by atoms with E-state index in [1.54, 1.807) is 0 Å². The molecule has 0 bridgehead atoms. The standard InChI is InChI=1S/C11H18N2O5/c1-18-9(16)3-6-12-10(17)13-11(4-2-5-11)7-8(14)15/h2-7H2,1H3,(H,14,15)(H2,12,13,17). The van der Waals surface area contributed by atoms with Crippen molar-refractivity contribution in [2.75, 3.05) is 13.7 Å². The van der Waals surface area contributed by atoms with Crippen LogP contribution in [0.2, 0.25) is 0 Å². The van der Waals surface area contributed by atoms with Gasteiger partial charge < -0.3 is 20.5 Å². The number of hydrogen-bond acceptors (Lipinski definition) is 4. The smallest absolute Gasteiger partial charge is 0.315 e. The summed E-state index contributed by atoms with van der Waals surface area (Å²) < 4.78 is 4.43. The lowest BCUT2D eigenvalue weighted by molar-refractivity contribution is -0.140. The first-order valence-electron chi connectivity index (χ1n) is 5.82. The van der Waals surface area contributed by atoms with Gasteiger partial charge in [-0.05, 0) is 19.3 Å². The summed E-state index contributed by atoms with van der Waals surface area (Å²) in [6.45, 7) is 0.168. The van der Waals surface area contributed by atoms with E-state index in [9.17, 15) is 14.4 Å². The van der Waals surface area contributed by atoms with Gasteiger partial charge in [-0.2, -0.15) is 0 Å². The molecule has 1 fully saturated rings. The third kappa shape index (κ3) is 4.23. The molecule has 0 aliphatic heterocycles. The van der Waals surface area contributed by atoms with Crippen LogP contribution in [0.4, 0.5) is 4.79 Å². The van der Waals surface area contributed by atoms with E-state index < -0.39 is 23.5 Å². The predicted octanol–water partition coefficient (Wildman–Crippen LogP) is 0.246. The molecule has 0 unspecified atom stereocenters. The minimum absolute atomic E-state index is 0.0720. The first kappa shape index (κ1) is 14.3. The van der Waals surface area contributed by atoms with E-state index in [4.69, 9.17) is 5.11 Å². The number of ether oxygens (including phenoxy) is 1. The van der Waals surface area contributed by atoms with Crippen LogP contribution >= 0.6 is 0 Å². The Morgan fingerprint density at radius 3 is 2.44 bits per heavy atom. The largest absolute Gasteiger partial charge is 0.481 e. The summed E-state index contributed by atoms with van der Waals surface area (Å²) in [6, 6.07) is -0.445. The zero-order chi connectivity index (χ0) is 13.6. The van der Waals surface area contributed by atoms with E-state index >= 15 is 0 Å². The van der Waals surface area contributed by atoms with Gasteiger partial charge in [0.2, 0.25) is 0 Å². The molecule has 7 heteroatoms. The minimum atomic E-state index is -0.926. The lowest BCUT2D eigenvalue weighted by atomic mass is 9.74. The van der Waals surface area contributed by atoms with Crippen molar-refractivity contribution in [3.05, 3.63) is 0 Å². The second-order valence-electron chi connectivity index (χ2n) is 4.41. The van der Waals surface area contributed by atoms with Crippen LogP contribution in [-0.2, 0) is 14.3 Å². The third-order valence-electron chi connectivity index (χ3n) is 3.02. The van der Waals surface area contributed by atoms with Gasteiger partial charge in [0.15, 0.2) is 0 Å². The second kappa shape index (κ2) is 6.23. The lowest BCUT2D eigenvalue weighted by Crippen LogP contribution is -2.57. The Bertz CT molecular complexity index is 338. The third-order valence-corrected chi connectivity index (χ3v) is 3.02. The molecule has 1 aliphatic carbocycles. The van der Waals surface area contributed by atoms with E-state index in [0.717, 1.165) is 6.42 Å². The van der Waals surface area contributed by atoms with Gasteiger partial charge >= 0.3 is 18.0 Å². The number of carboxylic acids is 1. The molecule has 2 amide bonds. The summed E-state index contributed by atoms with van der Waals surface area (Å²) >= 11 is 0. The Morgan fingerprint density at radius 1 is 1.33 bits per heavy atom. The van der Waals surface area contributed by atoms with Crippen molar-refractivity contribution < 1.29 is 24.2 Å². The maximum absolute atomic E-state index is 11.5. The Hall–Kier alpha value is -1.79. The first-order chi connectivity index (χ1) is 8.47. The molecule has 0 saturated heterocycles. The van der Waals surface area contributed by atoms with Gasteiger partial charge in [0, 0.05) is 6.54 Å². The minimum Gasteiger partial charge on any atom is -0.481 e.